The number of hydrogen-bond acceptors (Lipinski definition) is 10. The SMILES string of the molecule is C=C1C=C(C(F)(F)F)C(C(=O)Nc2cc(-c3cc(CNC4CCCCC4)ccc3F)ccc2N2C[C@@H](C)N(C)[C@@H](C)C2)=CN1.C[C@@H]1CN(c2ccc(-c3cc(C(=O)NC4CCCCC4)ccc3F)cc2NC(=O)c2c[nH]c(=O)cc2C(F)(F)F)C[C@H](C)N1C. The Morgan fingerprint density at radius 2 is 1.11 bits per heavy atom. The maximum atomic E-state index is 15.3. The van der Waals surface area contributed by atoms with Crippen molar-refractivity contribution in [3.63, 3.8) is 0 Å². The molecule has 4 aromatic carbocycles. The van der Waals surface area contributed by atoms with Crippen molar-refractivity contribution in [1.82, 2.24) is 30.7 Å². The summed E-state index contributed by atoms with van der Waals surface area (Å²) in [5.41, 5.74) is -0.519. The zero-order chi connectivity index (χ0) is 64.1. The molecule has 4 heterocycles. The van der Waals surface area contributed by atoms with Crippen LogP contribution in [0.25, 0.3) is 22.3 Å². The molecular formula is C67H78F8N10O4. The van der Waals surface area contributed by atoms with Crippen LogP contribution in [-0.4, -0.2) is 115 Å². The van der Waals surface area contributed by atoms with Gasteiger partial charge in [-0.3, -0.25) is 29.0 Å². The molecular weight excluding hydrogens is 1160 g/mol. The number of nitrogens with zero attached hydrogens (tertiary/aromatic N) is 4. The standard InChI is InChI=1S/C34H41F4N5O.C33H37F4N5O3/c1-21-14-29(34(36,37)38)28(18-39-21)33(44)41-31-16-25(11-13-32(31)43-19-22(2)42(4)23(3)20-43)27-15-24(10-12-30(27)35)17-40-26-8-6-5-7-9-26;1-19-17-42(18-20(2)41(19)3)29-12-10-21(14-28(29)40-32(45)25-16-38-30(43)15-26(25)33(35,36)37)24-13-22(9-11-27(24)34)31(44)39-23-7-5-4-6-8-23/h10-16,18,22-23,26,39-40H,1,5-9,17,19-20H2,2-4H3,(H,41,44);9-16,19-20,23H,4-8,17-18H2,1-3H3,(H,38,43)(H,39,44)(H,40,45)/t22-,23+;19-,20+. The predicted molar refractivity (Wildman–Crippen MR) is 333 cm³/mol. The number of H-pyrrole nitrogens is 1. The molecule has 2 saturated heterocycles. The first-order valence-electron chi connectivity index (χ1n) is 30.4. The Bertz CT molecular complexity index is 3530. The van der Waals surface area contributed by atoms with Gasteiger partial charge in [0.2, 0.25) is 5.56 Å². The summed E-state index contributed by atoms with van der Waals surface area (Å²) in [4.78, 5) is 62.3. The van der Waals surface area contributed by atoms with E-state index in [1.807, 2.05) is 37.9 Å². The number of hydrogen-bond donors (Lipinski definition) is 6. The fourth-order valence-electron chi connectivity index (χ4n) is 12.5. The molecule has 476 valence electrons. The number of pyridine rings is 1. The van der Waals surface area contributed by atoms with E-state index in [4.69, 9.17) is 0 Å². The fourth-order valence-corrected chi connectivity index (χ4v) is 12.5. The summed E-state index contributed by atoms with van der Waals surface area (Å²) in [7, 11) is 4.06. The Morgan fingerprint density at radius 3 is 1.64 bits per heavy atom. The molecule has 4 atom stereocenters. The molecule has 22 heteroatoms. The van der Waals surface area contributed by atoms with Crippen LogP contribution in [0.5, 0.6) is 0 Å². The van der Waals surface area contributed by atoms with Gasteiger partial charge in [0.25, 0.3) is 17.7 Å². The van der Waals surface area contributed by atoms with Crippen LogP contribution >= 0.6 is 0 Å². The van der Waals surface area contributed by atoms with Crippen LogP contribution < -0.4 is 41.9 Å². The number of aromatic nitrogens is 1. The minimum Gasteiger partial charge on any atom is -0.367 e. The first-order valence-corrected chi connectivity index (χ1v) is 30.4. The van der Waals surface area contributed by atoms with Gasteiger partial charge in [-0.15, -0.1) is 0 Å². The number of nitrogens with one attached hydrogen (secondary N) is 6. The summed E-state index contributed by atoms with van der Waals surface area (Å²) in [6, 6.07) is 20.7. The van der Waals surface area contributed by atoms with E-state index in [1.54, 1.807) is 30.3 Å². The van der Waals surface area contributed by atoms with Gasteiger partial charge in [-0.25, -0.2) is 8.78 Å². The number of likely N-dealkylation sites (N-methyl/N-ethyl adjacent to an activating group) is 2. The summed E-state index contributed by atoms with van der Waals surface area (Å²) >= 11 is 0. The molecule has 89 heavy (non-hydrogen) atoms. The number of amides is 3. The van der Waals surface area contributed by atoms with Crippen LogP contribution in [0.4, 0.5) is 57.9 Å². The summed E-state index contributed by atoms with van der Waals surface area (Å²) in [5, 5.41) is 14.6. The zero-order valence-electron chi connectivity index (χ0n) is 51.0. The van der Waals surface area contributed by atoms with E-state index in [9.17, 15) is 45.5 Å². The van der Waals surface area contributed by atoms with Crippen molar-refractivity contribution in [1.29, 1.82) is 0 Å². The van der Waals surface area contributed by atoms with Crippen molar-refractivity contribution in [3.8, 4) is 22.3 Å². The molecule has 2 aliphatic carbocycles. The van der Waals surface area contributed by atoms with Crippen molar-refractivity contribution in [3.05, 3.63) is 165 Å². The summed E-state index contributed by atoms with van der Waals surface area (Å²) < 4.78 is 114. The number of carbonyl (C=O) groups excluding carboxylic acids is 3. The van der Waals surface area contributed by atoms with Gasteiger partial charge in [0.1, 0.15) is 11.6 Å². The minimum atomic E-state index is -4.95. The molecule has 4 fully saturated rings. The van der Waals surface area contributed by atoms with Crippen LogP contribution in [0.3, 0.4) is 0 Å². The Labute approximate surface area is 513 Å². The maximum Gasteiger partial charge on any atom is 0.417 e. The maximum absolute atomic E-state index is 15.3. The number of piperazine rings is 2. The van der Waals surface area contributed by atoms with Crippen molar-refractivity contribution in [2.24, 2.45) is 0 Å². The van der Waals surface area contributed by atoms with E-state index >= 15 is 8.78 Å². The third kappa shape index (κ3) is 16.0. The quantitative estimate of drug-likeness (QED) is 0.0627. The van der Waals surface area contributed by atoms with Crippen LogP contribution in [0.15, 0.2) is 126 Å². The van der Waals surface area contributed by atoms with Crippen molar-refractivity contribution in [2.75, 3.05) is 60.7 Å². The van der Waals surface area contributed by atoms with Crippen molar-refractivity contribution < 1.29 is 49.5 Å². The smallest absolute Gasteiger partial charge is 0.367 e. The van der Waals surface area contributed by atoms with Gasteiger partial charge in [-0.2, -0.15) is 26.3 Å². The highest BCUT2D eigenvalue weighted by Gasteiger charge is 2.41. The van der Waals surface area contributed by atoms with Crippen LogP contribution in [0.1, 0.15) is 124 Å². The molecule has 14 nitrogen and oxygen atoms in total. The largest absolute Gasteiger partial charge is 0.417 e. The van der Waals surface area contributed by atoms with Gasteiger partial charge in [0.15, 0.2) is 0 Å². The monoisotopic (exact) mass is 1240 g/mol. The fraction of sp³-hybridized carbons (Fsp3) is 0.433. The van der Waals surface area contributed by atoms with Gasteiger partial charge in [0, 0.05) is 110 Å². The summed E-state index contributed by atoms with van der Waals surface area (Å²) in [6.45, 7) is 14.9. The molecule has 3 amide bonds. The molecule has 2 saturated carbocycles. The number of alkyl halides is 6. The second-order valence-corrected chi connectivity index (χ2v) is 24.3. The zero-order valence-corrected chi connectivity index (χ0v) is 51.0. The van der Waals surface area contributed by atoms with Gasteiger partial charge in [-0.05, 0) is 145 Å². The first-order chi connectivity index (χ1) is 42.2. The number of rotatable bonds is 13. The molecule has 10 rings (SSSR count). The molecule has 3 aliphatic heterocycles. The highest BCUT2D eigenvalue weighted by atomic mass is 19.4. The lowest BCUT2D eigenvalue weighted by Gasteiger charge is -2.44. The van der Waals surface area contributed by atoms with Crippen molar-refractivity contribution >= 4 is 40.5 Å². The lowest BCUT2D eigenvalue weighted by Crippen LogP contribution is -2.55. The minimum absolute atomic E-state index is 0.0327. The number of halogens is 8. The van der Waals surface area contributed by atoms with Gasteiger partial charge < -0.3 is 41.4 Å². The van der Waals surface area contributed by atoms with E-state index in [2.05, 4.69) is 73.7 Å². The van der Waals surface area contributed by atoms with Gasteiger partial charge in [-0.1, -0.05) is 63.3 Å². The van der Waals surface area contributed by atoms with E-state index in [1.165, 1.54) is 49.6 Å². The second-order valence-electron chi connectivity index (χ2n) is 24.3. The lowest BCUT2D eigenvalue weighted by molar-refractivity contribution is -0.138. The van der Waals surface area contributed by atoms with E-state index in [-0.39, 0.29) is 58.6 Å². The Kier molecular flexibility index (Phi) is 20.6. The Balaban J connectivity index is 0.000000211. The Hall–Kier alpha value is -7.82. The van der Waals surface area contributed by atoms with Crippen LogP contribution in [0.2, 0.25) is 0 Å². The number of benzene rings is 4. The third-order valence-electron chi connectivity index (χ3n) is 17.9. The molecule has 1 aromatic heterocycles. The second kappa shape index (κ2) is 27.9. The van der Waals surface area contributed by atoms with Gasteiger partial charge in [0.05, 0.1) is 45.0 Å². The van der Waals surface area contributed by atoms with E-state index in [0.29, 0.717) is 78.6 Å². The summed E-state index contributed by atoms with van der Waals surface area (Å²) in [5.74, 6) is -3.35. The molecule has 0 bridgehead atoms. The molecule has 0 unspecified atom stereocenters. The normalized spacial score (nSPS) is 20.8. The third-order valence-corrected chi connectivity index (χ3v) is 17.9. The highest BCUT2D eigenvalue weighted by Crippen LogP contribution is 2.40. The molecule has 6 N–H and O–H groups in total. The van der Waals surface area contributed by atoms with E-state index < -0.39 is 63.6 Å². The molecule has 5 aliphatic rings. The number of carbonyl (C=O) groups is 3. The van der Waals surface area contributed by atoms with Crippen molar-refractivity contribution in [2.45, 2.75) is 147 Å². The predicted octanol–water partition coefficient (Wildman–Crippen LogP) is 12.9. The van der Waals surface area contributed by atoms with Crippen LogP contribution in [-0.2, 0) is 17.5 Å². The number of aromatic amines is 1. The molecule has 0 radical (unpaired) electrons. The Morgan fingerprint density at radius 1 is 0.607 bits per heavy atom. The van der Waals surface area contributed by atoms with Crippen LogP contribution in [0, 0.1) is 11.6 Å². The highest BCUT2D eigenvalue weighted by molar-refractivity contribution is 6.09. The number of anilines is 4. The first kappa shape index (κ1) is 65.6. The number of dihydropyridines is 1. The topological polar surface area (TPSA) is 157 Å². The van der Waals surface area contributed by atoms with E-state index in [0.717, 1.165) is 69.0 Å². The number of allylic oxidation sites excluding steroid dienone is 1. The average molecular weight is 1240 g/mol. The average Bonchev–Trinajstić information content (AvgIpc) is 2.01. The molecule has 5 aromatic rings. The molecule has 0 spiro atoms. The lowest BCUT2D eigenvalue weighted by atomic mass is 9.95. The summed E-state index contributed by atoms with van der Waals surface area (Å²) in [6.07, 6.45) is 3.79. The van der Waals surface area contributed by atoms with Gasteiger partial charge >= 0.3 is 12.4 Å².